The summed E-state index contributed by atoms with van der Waals surface area (Å²) in [5.74, 6) is 0.718. The van der Waals surface area contributed by atoms with Crippen molar-refractivity contribution in [1.82, 2.24) is 9.62 Å². The second-order valence-corrected chi connectivity index (χ2v) is 10.4. The Bertz CT molecular complexity index is 959. The van der Waals surface area contributed by atoms with Gasteiger partial charge in [-0.25, -0.2) is 8.42 Å². The molecule has 168 valence electrons. The van der Waals surface area contributed by atoms with Crippen molar-refractivity contribution < 1.29 is 17.9 Å². The summed E-state index contributed by atoms with van der Waals surface area (Å²) in [7, 11) is -1.97. The van der Waals surface area contributed by atoms with Crippen LogP contribution in [0, 0.1) is 11.8 Å². The van der Waals surface area contributed by atoms with Crippen LogP contribution in [0.3, 0.4) is 0 Å². The van der Waals surface area contributed by atoms with Crippen LogP contribution in [0.1, 0.15) is 44.7 Å². The molecule has 2 atom stereocenters. The van der Waals surface area contributed by atoms with Crippen molar-refractivity contribution >= 4 is 15.9 Å². The lowest BCUT2D eigenvalue weighted by Crippen LogP contribution is -2.46. The SMILES string of the molecule is COc1ccc(C(CC(C)C)NC(=O)C2CCCN(S(=O)(=O)c3ccccc3)C2)cc1. The molecule has 1 aliphatic rings. The van der Waals surface area contributed by atoms with E-state index in [-0.39, 0.29) is 29.3 Å². The van der Waals surface area contributed by atoms with Crippen molar-refractivity contribution in [2.75, 3.05) is 20.2 Å². The van der Waals surface area contributed by atoms with Crippen molar-refractivity contribution in [1.29, 1.82) is 0 Å². The molecule has 0 aromatic heterocycles. The predicted octanol–water partition coefficient (Wildman–Crippen LogP) is 4.00. The Labute approximate surface area is 185 Å². The van der Waals surface area contributed by atoms with Crippen LogP contribution in [0.4, 0.5) is 0 Å². The third kappa shape index (κ3) is 5.86. The lowest BCUT2D eigenvalue weighted by atomic mass is 9.94. The minimum Gasteiger partial charge on any atom is -0.497 e. The van der Waals surface area contributed by atoms with Gasteiger partial charge in [-0.05, 0) is 55.0 Å². The molecule has 3 rings (SSSR count). The first kappa shape index (κ1) is 23.3. The summed E-state index contributed by atoms with van der Waals surface area (Å²) in [6.07, 6.45) is 2.15. The van der Waals surface area contributed by atoms with Gasteiger partial charge in [0.15, 0.2) is 0 Å². The van der Waals surface area contributed by atoms with Gasteiger partial charge in [-0.1, -0.05) is 44.2 Å². The van der Waals surface area contributed by atoms with Crippen LogP contribution >= 0.6 is 0 Å². The number of sulfonamides is 1. The van der Waals surface area contributed by atoms with E-state index in [1.165, 1.54) is 4.31 Å². The highest BCUT2D eigenvalue weighted by molar-refractivity contribution is 7.89. The molecular weight excluding hydrogens is 412 g/mol. The molecule has 1 aliphatic heterocycles. The van der Waals surface area contributed by atoms with Crippen molar-refractivity contribution in [3.05, 3.63) is 60.2 Å². The summed E-state index contributed by atoms with van der Waals surface area (Å²) < 4.78 is 32.7. The number of carbonyl (C=O) groups excluding carboxylic acids is 1. The minimum absolute atomic E-state index is 0.0885. The highest BCUT2D eigenvalue weighted by atomic mass is 32.2. The van der Waals surface area contributed by atoms with Gasteiger partial charge in [-0.15, -0.1) is 0 Å². The topological polar surface area (TPSA) is 75.7 Å². The highest BCUT2D eigenvalue weighted by Gasteiger charge is 2.34. The maximum Gasteiger partial charge on any atom is 0.243 e. The van der Waals surface area contributed by atoms with Crippen LogP contribution in [0.2, 0.25) is 0 Å². The molecule has 0 spiro atoms. The number of piperidine rings is 1. The number of carbonyl (C=O) groups is 1. The summed E-state index contributed by atoms with van der Waals surface area (Å²) >= 11 is 0. The normalized spacial score (nSPS) is 18.5. The standard InChI is InChI=1S/C24H32N2O4S/c1-18(2)16-23(19-11-13-21(30-3)14-12-19)25-24(27)20-8-7-15-26(17-20)31(28,29)22-9-5-4-6-10-22/h4-6,9-14,18,20,23H,7-8,15-17H2,1-3H3,(H,25,27). The summed E-state index contributed by atoms with van der Waals surface area (Å²) in [5, 5.41) is 3.18. The molecule has 2 aromatic rings. The smallest absolute Gasteiger partial charge is 0.243 e. The number of hydrogen-bond acceptors (Lipinski definition) is 4. The number of nitrogens with zero attached hydrogens (tertiary/aromatic N) is 1. The van der Waals surface area contributed by atoms with Crippen LogP contribution in [-0.4, -0.2) is 38.8 Å². The largest absolute Gasteiger partial charge is 0.497 e. The molecule has 2 unspecified atom stereocenters. The van der Waals surface area contributed by atoms with Crippen molar-refractivity contribution in [3.63, 3.8) is 0 Å². The summed E-state index contributed by atoms with van der Waals surface area (Å²) in [5.41, 5.74) is 1.02. The Hall–Kier alpha value is -2.38. The van der Waals surface area contributed by atoms with Crippen molar-refractivity contribution in [3.8, 4) is 5.75 Å². The van der Waals surface area contributed by atoms with E-state index in [9.17, 15) is 13.2 Å². The van der Waals surface area contributed by atoms with E-state index in [0.717, 1.165) is 17.7 Å². The molecule has 1 amide bonds. The zero-order chi connectivity index (χ0) is 22.4. The average molecular weight is 445 g/mol. The number of rotatable bonds is 8. The molecule has 6 nitrogen and oxygen atoms in total. The van der Waals surface area contributed by atoms with Crippen molar-refractivity contribution in [2.24, 2.45) is 11.8 Å². The Kier molecular flexibility index (Phi) is 7.73. The molecule has 0 bridgehead atoms. The van der Waals surface area contributed by atoms with Gasteiger partial charge >= 0.3 is 0 Å². The predicted molar refractivity (Wildman–Crippen MR) is 121 cm³/mol. The Balaban J connectivity index is 1.72. The van der Waals surface area contributed by atoms with Crippen LogP contribution in [0.5, 0.6) is 5.75 Å². The van der Waals surface area contributed by atoms with Gasteiger partial charge in [-0.2, -0.15) is 4.31 Å². The van der Waals surface area contributed by atoms with Gasteiger partial charge in [0.1, 0.15) is 5.75 Å². The van der Waals surface area contributed by atoms with Gasteiger partial charge in [0.2, 0.25) is 15.9 Å². The fraction of sp³-hybridized carbons (Fsp3) is 0.458. The van der Waals surface area contributed by atoms with E-state index in [2.05, 4.69) is 19.2 Å². The first-order valence-corrected chi connectivity index (χ1v) is 12.2. The minimum atomic E-state index is -3.60. The lowest BCUT2D eigenvalue weighted by Gasteiger charge is -2.32. The summed E-state index contributed by atoms with van der Waals surface area (Å²) in [4.78, 5) is 13.4. The third-order valence-electron chi connectivity index (χ3n) is 5.68. The fourth-order valence-electron chi connectivity index (χ4n) is 3.99. The monoisotopic (exact) mass is 444 g/mol. The van der Waals surface area contributed by atoms with Crippen LogP contribution in [-0.2, 0) is 14.8 Å². The zero-order valence-electron chi connectivity index (χ0n) is 18.5. The third-order valence-corrected chi connectivity index (χ3v) is 7.56. The van der Waals surface area contributed by atoms with E-state index >= 15 is 0 Å². The molecule has 31 heavy (non-hydrogen) atoms. The zero-order valence-corrected chi connectivity index (χ0v) is 19.3. The Morgan fingerprint density at radius 3 is 2.42 bits per heavy atom. The average Bonchev–Trinajstić information content (AvgIpc) is 2.79. The lowest BCUT2D eigenvalue weighted by molar-refractivity contribution is -0.127. The second kappa shape index (κ2) is 10.3. The van der Waals surface area contributed by atoms with Gasteiger partial charge in [-0.3, -0.25) is 4.79 Å². The fourth-order valence-corrected chi connectivity index (χ4v) is 5.54. The van der Waals surface area contributed by atoms with Gasteiger partial charge in [0.25, 0.3) is 0 Å². The molecule has 1 heterocycles. The number of methoxy groups -OCH3 is 1. The molecule has 1 fully saturated rings. The van der Waals surface area contributed by atoms with Gasteiger partial charge in [0, 0.05) is 13.1 Å². The van der Waals surface area contributed by atoms with Crippen LogP contribution < -0.4 is 10.1 Å². The maximum atomic E-state index is 13.1. The number of ether oxygens (including phenoxy) is 1. The quantitative estimate of drug-likeness (QED) is 0.668. The molecule has 7 heteroatoms. The molecule has 0 saturated carbocycles. The molecule has 0 aliphatic carbocycles. The second-order valence-electron chi connectivity index (χ2n) is 8.48. The van der Waals surface area contributed by atoms with E-state index in [1.807, 2.05) is 24.3 Å². The van der Waals surface area contributed by atoms with E-state index in [4.69, 9.17) is 4.74 Å². The summed E-state index contributed by atoms with van der Waals surface area (Å²) in [6.45, 7) is 4.89. The van der Waals surface area contributed by atoms with Crippen molar-refractivity contribution in [2.45, 2.75) is 44.0 Å². The van der Waals surface area contributed by atoms with Crippen LogP contribution in [0.25, 0.3) is 0 Å². The van der Waals surface area contributed by atoms with Crippen LogP contribution in [0.15, 0.2) is 59.5 Å². The number of benzene rings is 2. The Morgan fingerprint density at radius 2 is 1.81 bits per heavy atom. The maximum absolute atomic E-state index is 13.1. The summed E-state index contributed by atoms with van der Waals surface area (Å²) in [6, 6.07) is 16.0. The van der Waals surface area contributed by atoms with E-state index in [0.29, 0.717) is 25.3 Å². The van der Waals surface area contributed by atoms with Gasteiger partial charge < -0.3 is 10.1 Å². The molecule has 1 N–H and O–H groups in total. The Morgan fingerprint density at radius 1 is 1.13 bits per heavy atom. The van der Waals surface area contributed by atoms with E-state index in [1.54, 1.807) is 37.4 Å². The molecule has 0 radical (unpaired) electrons. The first-order valence-electron chi connectivity index (χ1n) is 10.8. The number of amides is 1. The number of hydrogen-bond donors (Lipinski definition) is 1. The molecule has 2 aromatic carbocycles. The molecular formula is C24H32N2O4S. The van der Waals surface area contributed by atoms with Gasteiger partial charge in [0.05, 0.1) is 24.0 Å². The van der Waals surface area contributed by atoms with E-state index < -0.39 is 10.0 Å². The first-order chi connectivity index (χ1) is 14.8. The molecule has 1 saturated heterocycles. The number of nitrogens with one attached hydrogen (secondary N) is 1. The highest BCUT2D eigenvalue weighted by Crippen LogP contribution is 2.27.